The maximum absolute atomic E-state index is 9.71. The molecule has 0 aliphatic carbocycles. The Morgan fingerprint density at radius 2 is 2.10 bits per heavy atom. The van der Waals surface area contributed by atoms with Crippen molar-refractivity contribution >= 4 is 0 Å². The molecule has 0 bridgehead atoms. The molecule has 1 aromatic carbocycles. The number of nitrogens with zero attached hydrogens (tertiary/aromatic N) is 3. The van der Waals surface area contributed by atoms with E-state index >= 15 is 0 Å². The fraction of sp³-hybridized carbons (Fsp3) is 0.133. The molecule has 2 heterocycles. The van der Waals surface area contributed by atoms with Gasteiger partial charge in [-0.25, -0.2) is 4.98 Å². The highest BCUT2D eigenvalue weighted by Crippen LogP contribution is 2.24. The van der Waals surface area contributed by atoms with E-state index in [1.165, 1.54) is 11.6 Å². The van der Waals surface area contributed by atoms with Crippen LogP contribution in [0.15, 0.2) is 47.1 Å². The predicted molar refractivity (Wildman–Crippen MR) is 73.2 cm³/mol. The molecule has 1 N–H and O–H groups in total. The van der Waals surface area contributed by atoms with Crippen LogP contribution in [0.1, 0.15) is 17.0 Å². The van der Waals surface area contributed by atoms with Crippen molar-refractivity contribution in [3.8, 4) is 17.3 Å². The van der Waals surface area contributed by atoms with Crippen LogP contribution in [0.4, 0.5) is 0 Å². The van der Waals surface area contributed by atoms with Crippen molar-refractivity contribution in [2.75, 3.05) is 0 Å². The van der Waals surface area contributed by atoms with Crippen molar-refractivity contribution in [2.24, 2.45) is 0 Å². The first kappa shape index (κ1) is 12.3. The van der Waals surface area contributed by atoms with Crippen LogP contribution in [-0.4, -0.2) is 20.2 Å². The summed E-state index contributed by atoms with van der Waals surface area (Å²) in [6.45, 7) is 2.04. The second kappa shape index (κ2) is 5.13. The summed E-state index contributed by atoms with van der Waals surface area (Å²) >= 11 is 0. The van der Waals surface area contributed by atoms with Crippen LogP contribution >= 0.6 is 0 Å². The van der Waals surface area contributed by atoms with Gasteiger partial charge in [0.1, 0.15) is 5.75 Å². The fourth-order valence-corrected chi connectivity index (χ4v) is 1.99. The molecule has 5 nitrogen and oxygen atoms in total. The summed E-state index contributed by atoms with van der Waals surface area (Å²) in [4.78, 5) is 8.30. The summed E-state index contributed by atoms with van der Waals surface area (Å²) in [5.74, 6) is 0.819. The lowest BCUT2D eigenvalue weighted by Gasteiger charge is -1.98. The van der Waals surface area contributed by atoms with Gasteiger partial charge in [-0.1, -0.05) is 35.0 Å². The number of aromatic nitrogens is 3. The van der Waals surface area contributed by atoms with Crippen molar-refractivity contribution in [3.63, 3.8) is 0 Å². The Labute approximate surface area is 115 Å². The Hall–Kier alpha value is -2.69. The van der Waals surface area contributed by atoms with Crippen LogP contribution in [0.2, 0.25) is 0 Å². The standard InChI is InChI=1S/C15H13N3O2/c1-10-4-2-5-11(8-10)9-13-17-15(20-18-13)14-12(19)6-3-7-16-14/h2-8,19H,9H2,1H3. The summed E-state index contributed by atoms with van der Waals surface area (Å²) in [6, 6.07) is 11.3. The minimum absolute atomic E-state index is 0.0262. The Bertz CT molecular complexity index is 737. The molecular formula is C15H13N3O2. The molecule has 0 aliphatic rings. The normalized spacial score (nSPS) is 10.7. The first-order chi connectivity index (χ1) is 9.72. The minimum Gasteiger partial charge on any atom is -0.505 e. The van der Waals surface area contributed by atoms with Crippen molar-refractivity contribution in [1.29, 1.82) is 0 Å². The second-order valence-electron chi connectivity index (χ2n) is 4.55. The topological polar surface area (TPSA) is 72.0 Å². The van der Waals surface area contributed by atoms with Crippen molar-refractivity contribution < 1.29 is 9.63 Å². The smallest absolute Gasteiger partial charge is 0.280 e. The number of hydrogen-bond donors (Lipinski definition) is 1. The molecule has 0 radical (unpaired) electrons. The number of rotatable bonds is 3. The molecule has 0 saturated heterocycles. The molecule has 100 valence electrons. The Balaban J connectivity index is 1.86. The lowest BCUT2D eigenvalue weighted by atomic mass is 10.1. The second-order valence-corrected chi connectivity index (χ2v) is 4.55. The maximum atomic E-state index is 9.71. The minimum atomic E-state index is 0.0262. The summed E-state index contributed by atoms with van der Waals surface area (Å²) < 4.78 is 5.15. The Morgan fingerprint density at radius 1 is 1.20 bits per heavy atom. The number of pyridine rings is 1. The van der Waals surface area contributed by atoms with Gasteiger partial charge in [-0.15, -0.1) is 0 Å². The predicted octanol–water partition coefficient (Wildman–Crippen LogP) is 2.74. The zero-order valence-electron chi connectivity index (χ0n) is 10.9. The third kappa shape index (κ3) is 2.51. The van der Waals surface area contributed by atoms with Crippen molar-refractivity contribution in [3.05, 3.63) is 59.5 Å². The van der Waals surface area contributed by atoms with Gasteiger partial charge in [0.05, 0.1) is 0 Å². The fourth-order valence-electron chi connectivity index (χ4n) is 1.99. The van der Waals surface area contributed by atoms with Crippen LogP contribution < -0.4 is 0 Å². The summed E-state index contributed by atoms with van der Waals surface area (Å²) in [7, 11) is 0. The number of aryl methyl sites for hydroxylation is 1. The van der Waals surface area contributed by atoms with Gasteiger partial charge >= 0.3 is 0 Å². The largest absolute Gasteiger partial charge is 0.505 e. The highest BCUT2D eigenvalue weighted by Gasteiger charge is 2.14. The monoisotopic (exact) mass is 267 g/mol. The van der Waals surface area contributed by atoms with Gasteiger partial charge in [0.25, 0.3) is 5.89 Å². The highest BCUT2D eigenvalue weighted by atomic mass is 16.5. The summed E-state index contributed by atoms with van der Waals surface area (Å²) in [5, 5.41) is 13.6. The van der Waals surface area contributed by atoms with Gasteiger partial charge in [0.2, 0.25) is 0 Å². The van der Waals surface area contributed by atoms with Gasteiger partial charge < -0.3 is 9.63 Å². The average Bonchev–Trinajstić information content (AvgIpc) is 2.87. The van der Waals surface area contributed by atoms with E-state index < -0.39 is 0 Å². The lowest BCUT2D eigenvalue weighted by Crippen LogP contribution is -1.91. The first-order valence-corrected chi connectivity index (χ1v) is 6.25. The molecule has 2 aromatic heterocycles. The first-order valence-electron chi connectivity index (χ1n) is 6.25. The van der Waals surface area contributed by atoms with Crippen LogP contribution in [0.5, 0.6) is 5.75 Å². The zero-order chi connectivity index (χ0) is 13.9. The highest BCUT2D eigenvalue weighted by molar-refractivity contribution is 5.55. The number of hydrogen-bond acceptors (Lipinski definition) is 5. The quantitative estimate of drug-likeness (QED) is 0.790. The van der Waals surface area contributed by atoms with Gasteiger partial charge in [-0.05, 0) is 24.6 Å². The molecule has 0 aliphatic heterocycles. The molecule has 0 fully saturated rings. The zero-order valence-corrected chi connectivity index (χ0v) is 10.9. The van der Waals surface area contributed by atoms with E-state index in [2.05, 4.69) is 21.2 Å². The molecule has 3 rings (SSSR count). The van der Waals surface area contributed by atoms with Crippen LogP contribution in [0.3, 0.4) is 0 Å². The van der Waals surface area contributed by atoms with E-state index in [-0.39, 0.29) is 11.6 Å². The van der Waals surface area contributed by atoms with Crippen molar-refractivity contribution in [1.82, 2.24) is 15.1 Å². The van der Waals surface area contributed by atoms with Crippen LogP contribution in [0, 0.1) is 6.92 Å². The van der Waals surface area contributed by atoms with E-state index in [0.717, 1.165) is 5.56 Å². The SMILES string of the molecule is Cc1cccc(Cc2noc(-c3ncccc3O)n2)c1. The Kier molecular flexibility index (Phi) is 3.16. The van der Waals surface area contributed by atoms with E-state index in [9.17, 15) is 5.11 Å². The van der Waals surface area contributed by atoms with E-state index in [1.54, 1.807) is 12.3 Å². The molecule has 3 aromatic rings. The molecule has 0 unspecified atom stereocenters. The number of aromatic hydroxyl groups is 1. The molecule has 0 amide bonds. The van der Waals surface area contributed by atoms with Gasteiger partial charge in [0.15, 0.2) is 11.5 Å². The van der Waals surface area contributed by atoms with Crippen molar-refractivity contribution in [2.45, 2.75) is 13.3 Å². The molecule has 20 heavy (non-hydrogen) atoms. The Morgan fingerprint density at radius 3 is 2.90 bits per heavy atom. The average molecular weight is 267 g/mol. The third-order valence-corrected chi connectivity index (χ3v) is 2.90. The van der Waals surface area contributed by atoms with E-state index in [4.69, 9.17) is 4.52 Å². The maximum Gasteiger partial charge on any atom is 0.280 e. The van der Waals surface area contributed by atoms with Gasteiger partial charge in [-0.3, -0.25) is 0 Å². The third-order valence-electron chi connectivity index (χ3n) is 2.90. The van der Waals surface area contributed by atoms with E-state index in [1.807, 2.05) is 25.1 Å². The molecule has 5 heteroatoms. The number of benzene rings is 1. The summed E-state index contributed by atoms with van der Waals surface area (Å²) in [5.41, 5.74) is 2.60. The molecular weight excluding hydrogens is 254 g/mol. The lowest BCUT2D eigenvalue weighted by molar-refractivity contribution is 0.416. The van der Waals surface area contributed by atoms with E-state index in [0.29, 0.717) is 17.9 Å². The molecule has 0 spiro atoms. The van der Waals surface area contributed by atoms with Gasteiger partial charge in [-0.2, -0.15) is 4.98 Å². The van der Waals surface area contributed by atoms with Gasteiger partial charge in [0, 0.05) is 12.6 Å². The molecule has 0 saturated carbocycles. The van der Waals surface area contributed by atoms with Crippen LogP contribution in [0.25, 0.3) is 11.6 Å². The summed E-state index contributed by atoms with van der Waals surface area (Å²) in [6.07, 6.45) is 2.15. The molecule has 0 atom stereocenters. The van der Waals surface area contributed by atoms with Crippen LogP contribution in [-0.2, 0) is 6.42 Å².